The minimum Gasteiger partial charge on any atom is -0.489 e. The average molecular weight is 278 g/mol. The number of rotatable bonds is 4. The third-order valence-electron chi connectivity index (χ3n) is 4.41. The smallest absolute Gasteiger partial charge is 0.170 e. The highest BCUT2D eigenvalue weighted by atomic mass is 16.5. The summed E-state index contributed by atoms with van der Waals surface area (Å²) >= 11 is 0. The molecule has 0 heterocycles. The van der Waals surface area contributed by atoms with Crippen LogP contribution in [-0.4, -0.2) is 6.71 Å². The summed E-state index contributed by atoms with van der Waals surface area (Å²) < 4.78 is 6.18. The van der Waals surface area contributed by atoms with E-state index in [1.54, 1.807) is 0 Å². The molecular formula is C19H23BO. The van der Waals surface area contributed by atoms with Gasteiger partial charge in [-0.2, -0.15) is 0 Å². The van der Waals surface area contributed by atoms with Crippen LogP contribution in [0.4, 0.5) is 0 Å². The van der Waals surface area contributed by atoms with Gasteiger partial charge in [-0.1, -0.05) is 55.5 Å². The third-order valence-corrected chi connectivity index (χ3v) is 4.41. The molecule has 1 aliphatic rings. The van der Waals surface area contributed by atoms with Crippen LogP contribution in [0.3, 0.4) is 0 Å². The zero-order chi connectivity index (χ0) is 14.7. The van der Waals surface area contributed by atoms with E-state index in [1.165, 1.54) is 41.4 Å². The molecule has 0 fully saturated rings. The van der Waals surface area contributed by atoms with Crippen LogP contribution in [0.5, 0.6) is 5.75 Å². The molecule has 0 saturated heterocycles. The first-order chi connectivity index (χ1) is 10.3. The van der Waals surface area contributed by atoms with Crippen molar-refractivity contribution in [2.75, 3.05) is 0 Å². The van der Waals surface area contributed by atoms with Gasteiger partial charge in [0.25, 0.3) is 0 Å². The molecule has 0 amide bonds. The molecule has 0 unspecified atom stereocenters. The normalized spacial score (nSPS) is 13.6. The molecular weight excluding hydrogens is 255 g/mol. The third kappa shape index (κ3) is 3.15. The summed E-state index contributed by atoms with van der Waals surface area (Å²) in [5.41, 5.74) is 5.62. The van der Waals surface area contributed by atoms with Crippen LogP contribution in [-0.2, 0) is 19.4 Å². The van der Waals surface area contributed by atoms with Crippen molar-refractivity contribution in [1.82, 2.24) is 0 Å². The highest BCUT2D eigenvalue weighted by Crippen LogP contribution is 2.29. The number of hydrogen-bond acceptors (Lipinski definition) is 1. The lowest BCUT2D eigenvalue weighted by Gasteiger charge is -2.20. The predicted molar refractivity (Wildman–Crippen MR) is 91.0 cm³/mol. The molecule has 0 aliphatic heterocycles. The maximum atomic E-state index is 6.18. The number of aryl methyl sites for hydroxylation is 1. The monoisotopic (exact) mass is 278 g/mol. The Balaban J connectivity index is 1.80. The van der Waals surface area contributed by atoms with E-state index in [1.807, 2.05) is 0 Å². The average Bonchev–Trinajstić information content (AvgIpc) is 2.53. The van der Waals surface area contributed by atoms with Gasteiger partial charge in [0.2, 0.25) is 0 Å². The van der Waals surface area contributed by atoms with Gasteiger partial charge in [-0.15, -0.1) is 0 Å². The Morgan fingerprint density at radius 2 is 1.76 bits per heavy atom. The van der Waals surface area contributed by atoms with Crippen molar-refractivity contribution in [2.45, 2.75) is 45.9 Å². The maximum Gasteiger partial charge on any atom is 0.170 e. The lowest BCUT2D eigenvalue weighted by atomic mass is 9.48. The fourth-order valence-corrected chi connectivity index (χ4v) is 3.27. The topological polar surface area (TPSA) is 9.23 Å². The Kier molecular flexibility index (Phi) is 4.33. The minimum absolute atomic E-state index is 0.537. The van der Waals surface area contributed by atoms with E-state index in [-0.39, 0.29) is 0 Å². The Morgan fingerprint density at radius 1 is 0.952 bits per heavy atom. The summed E-state index contributed by atoms with van der Waals surface area (Å²) in [7, 11) is 0. The van der Waals surface area contributed by atoms with Gasteiger partial charge in [-0.3, -0.25) is 0 Å². The largest absolute Gasteiger partial charge is 0.489 e. The van der Waals surface area contributed by atoms with E-state index in [9.17, 15) is 0 Å². The van der Waals surface area contributed by atoms with Crippen LogP contribution in [0.1, 0.15) is 29.5 Å². The lowest BCUT2D eigenvalue weighted by Crippen LogP contribution is -2.27. The van der Waals surface area contributed by atoms with E-state index in [0.29, 0.717) is 13.3 Å². The summed E-state index contributed by atoms with van der Waals surface area (Å²) in [4.78, 5) is 0. The Labute approximate surface area is 128 Å². The second kappa shape index (κ2) is 6.38. The summed E-state index contributed by atoms with van der Waals surface area (Å²) in [6.07, 6.45) is 4.97. The summed E-state index contributed by atoms with van der Waals surface area (Å²) in [5, 5.41) is 0. The molecule has 108 valence electrons. The molecule has 0 aromatic heterocycles. The molecule has 0 atom stereocenters. The molecule has 1 nitrogen and oxygen atoms in total. The highest BCUT2D eigenvalue weighted by molar-refractivity contribution is 6.71. The molecule has 2 aromatic rings. The molecule has 21 heavy (non-hydrogen) atoms. The van der Waals surface area contributed by atoms with Gasteiger partial charge in [0, 0.05) is 0 Å². The SMILES string of the molecule is CB(C)c1ccccc1COc1cccc2c1CCCC2. The van der Waals surface area contributed by atoms with Gasteiger partial charge in [0.05, 0.1) is 0 Å². The molecule has 0 radical (unpaired) electrons. The first-order valence-electron chi connectivity index (χ1n) is 8.07. The molecule has 2 heteroatoms. The fraction of sp³-hybridized carbons (Fsp3) is 0.368. The minimum atomic E-state index is 0.537. The Bertz CT molecular complexity index is 619. The van der Waals surface area contributed by atoms with Crippen LogP contribution in [0.25, 0.3) is 0 Å². The van der Waals surface area contributed by atoms with Crippen molar-refractivity contribution < 1.29 is 4.74 Å². The van der Waals surface area contributed by atoms with E-state index >= 15 is 0 Å². The van der Waals surface area contributed by atoms with Crippen molar-refractivity contribution in [3.63, 3.8) is 0 Å². The van der Waals surface area contributed by atoms with E-state index in [0.717, 1.165) is 12.2 Å². The van der Waals surface area contributed by atoms with Crippen LogP contribution in [0.2, 0.25) is 13.6 Å². The summed E-state index contributed by atoms with van der Waals surface area (Å²) in [6, 6.07) is 15.1. The summed E-state index contributed by atoms with van der Waals surface area (Å²) in [5.74, 6) is 1.09. The number of hydrogen-bond donors (Lipinski definition) is 0. The maximum absolute atomic E-state index is 6.18. The van der Waals surface area contributed by atoms with Crippen LogP contribution >= 0.6 is 0 Å². The number of ether oxygens (including phenoxy) is 1. The van der Waals surface area contributed by atoms with Crippen molar-refractivity contribution >= 4 is 12.2 Å². The standard InChI is InChI=1S/C19H23BO/c1-20(2)18-12-6-4-9-16(18)14-21-19-13-7-10-15-8-3-5-11-17(15)19/h4,6-7,9-10,12-13H,3,5,8,11,14H2,1-2H3. The molecule has 0 saturated carbocycles. The fourth-order valence-electron chi connectivity index (χ4n) is 3.27. The predicted octanol–water partition coefficient (Wildman–Crippen LogP) is 4.11. The quantitative estimate of drug-likeness (QED) is 0.765. The van der Waals surface area contributed by atoms with Gasteiger partial charge >= 0.3 is 0 Å². The van der Waals surface area contributed by atoms with Crippen molar-refractivity contribution in [2.24, 2.45) is 0 Å². The van der Waals surface area contributed by atoms with Crippen LogP contribution < -0.4 is 10.2 Å². The van der Waals surface area contributed by atoms with E-state index < -0.39 is 0 Å². The van der Waals surface area contributed by atoms with Crippen LogP contribution in [0, 0.1) is 0 Å². The van der Waals surface area contributed by atoms with Crippen LogP contribution in [0.15, 0.2) is 42.5 Å². The van der Waals surface area contributed by atoms with Crippen molar-refractivity contribution in [3.05, 3.63) is 59.2 Å². The molecule has 2 aromatic carbocycles. The van der Waals surface area contributed by atoms with Gasteiger partial charge in [0.15, 0.2) is 6.71 Å². The molecule has 3 rings (SSSR count). The van der Waals surface area contributed by atoms with Gasteiger partial charge in [-0.25, -0.2) is 0 Å². The second-order valence-electron chi connectivity index (χ2n) is 6.24. The van der Waals surface area contributed by atoms with Crippen molar-refractivity contribution in [1.29, 1.82) is 0 Å². The first kappa shape index (κ1) is 14.3. The van der Waals surface area contributed by atoms with Gasteiger partial charge in [-0.05, 0) is 48.4 Å². The summed E-state index contributed by atoms with van der Waals surface area (Å²) in [6.45, 7) is 5.69. The molecule has 1 aliphatic carbocycles. The first-order valence-corrected chi connectivity index (χ1v) is 8.07. The lowest BCUT2D eigenvalue weighted by molar-refractivity contribution is 0.302. The van der Waals surface area contributed by atoms with Gasteiger partial charge in [0.1, 0.15) is 12.4 Å². The molecule has 0 spiro atoms. The van der Waals surface area contributed by atoms with E-state index in [2.05, 4.69) is 56.1 Å². The number of fused-ring (bicyclic) bond motifs is 1. The number of benzene rings is 2. The second-order valence-corrected chi connectivity index (χ2v) is 6.24. The Morgan fingerprint density at radius 3 is 2.62 bits per heavy atom. The van der Waals surface area contributed by atoms with Gasteiger partial charge < -0.3 is 4.74 Å². The van der Waals surface area contributed by atoms with E-state index in [4.69, 9.17) is 4.74 Å². The highest BCUT2D eigenvalue weighted by Gasteiger charge is 2.14. The zero-order valence-corrected chi connectivity index (χ0v) is 13.1. The molecule has 0 N–H and O–H groups in total. The van der Waals surface area contributed by atoms with Crippen molar-refractivity contribution in [3.8, 4) is 5.75 Å². The molecule has 0 bridgehead atoms. The zero-order valence-electron chi connectivity index (χ0n) is 13.1. The Hall–Kier alpha value is -1.70.